The van der Waals surface area contributed by atoms with Crippen LogP contribution in [0.4, 0.5) is 0 Å². The van der Waals surface area contributed by atoms with Crippen LogP contribution in [0.1, 0.15) is 19.8 Å². The molecule has 0 aromatic rings. The molecule has 1 rings (SSSR count). The molecule has 58 valence electrons. The van der Waals surface area contributed by atoms with Gasteiger partial charge in [0.2, 0.25) is 0 Å². The fourth-order valence-corrected chi connectivity index (χ4v) is 1.36. The number of carboxylic acids is 1. The van der Waals surface area contributed by atoms with Crippen LogP contribution in [0.25, 0.3) is 0 Å². The predicted molar refractivity (Wildman–Crippen MR) is 37.5 cm³/mol. The average Bonchev–Trinajstić information content (AvgIpc) is 1.84. The van der Waals surface area contributed by atoms with Crippen molar-refractivity contribution >= 4 is 5.97 Å². The first-order valence-corrected chi connectivity index (χ1v) is 3.61. The summed E-state index contributed by atoms with van der Waals surface area (Å²) in [5.41, 5.74) is 5.60. The fourth-order valence-electron chi connectivity index (χ4n) is 1.36. The van der Waals surface area contributed by atoms with E-state index < -0.39 is 5.97 Å². The van der Waals surface area contributed by atoms with E-state index in [9.17, 15) is 4.79 Å². The van der Waals surface area contributed by atoms with Crippen LogP contribution < -0.4 is 5.73 Å². The Bertz CT molecular complexity index is 147. The van der Waals surface area contributed by atoms with Gasteiger partial charge in [-0.3, -0.25) is 4.79 Å². The summed E-state index contributed by atoms with van der Waals surface area (Å²) >= 11 is 0. The summed E-state index contributed by atoms with van der Waals surface area (Å²) in [5, 5.41) is 8.58. The van der Waals surface area contributed by atoms with Gasteiger partial charge in [0, 0.05) is 6.04 Å². The molecule has 3 nitrogen and oxygen atoms in total. The van der Waals surface area contributed by atoms with Gasteiger partial charge in [0.1, 0.15) is 0 Å². The van der Waals surface area contributed by atoms with Crippen molar-refractivity contribution in [3.8, 4) is 0 Å². The Kier molecular flexibility index (Phi) is 1.94. The van der Waals surface area contributed by atoms with Crippen molar-refractivity contribution in [2.75, 3.05) is 0 Å². The molecule has 0 radical (unpaired) electrons. The Hall–Kier alpha value is -0.570. The molecule has 0 aromatic carbocycles. The van der Waals surface area contributed by atoms with E-state index in [2.05, 4.69) is 0 Å². The first kappa shape index (κ1) is 7.54. The van der Waals surface area contributed by atoms with Gasteiger partial charge in [0.25, 0.3) is 0 Å². The van der Waals surface area contributed by atoms with Crippen LogP contribution in [0.3, 0.4) is 0 Å². The van der Waals surface area contributed by atoms with Crippen LogP contribution in [0, 0.1) is 11.8 Å². The van der Waals surface area contributed by atoms with Crippen LogP contribution >= 0.6 is 0 Å². The highest BCUT2D eigenvalue weighted by Crippen LogP contribution is 2.32. The second kappa shape index (κ2) is 2.58. The quantitative estimate of drug-likeness (QED) is 0.589. The number of rotatable bonds is 2. The molecule has 0 unspecified atom stereocenters. The molecule has 3 heteroatoms. The Morgan fingerprint density at radius 3 is 2.40 bits per heavy atom. The van der Waals surface area contributed by atoms with Gasteiger partial charge < -0.3 is 10.8 Å². The molecule has 0 heterocycles. The van der Waals surface area contributed by atoms with Gasteiger partial charge >= 0.3 is 5.97 Å². The van der Waals surface area contributed by atoms with Gasteiger partial charge in [0.05, 0.1) is 5.92 Å². The van der Waals surface area contributed by atoms with Crippen molar-refractivity contribution in [2.24, 2.45) is 17.6 Å². The van der Waals surface area contributed by atoms with Crippen molar-refractivity contribution in [2.45, 2.75) is 25.8 Å². The summed E-state index contributed by atoms with van der Waals surface area (Å²) in [7, 11) is 0. The zero-order valence-corrected chi connectivity index (χ0v) is 6.08. The van der Waals surface area contributed by atoms with Crippen molar-refractivity contribution in [1.29, 1.82) is 0 Å². The van der Waals surface area contributed by atoms with Crippen molar-refractivity contribution in [3.63, 3.8) is 0 Å². The summed E-state index contributed by atoms with van der Waals surface area (Å²) < 4.78 is 0. The van der Waals surface area contributed by atoms with Crippen LogP contribution in [0.5, 0.6) is 0 Å². The van der Waals surface area contributed by atoms with Crippen LogP contribution in [0.2, 0.25) is 0 Å². The van der Waals surface area contributed by atoms with E-state index in [-0.39, 0.29) is 17.9 Å². The van der Waals surface area contributed by atoms with E-state index in [0.29, 0.717) is 0 Å². The van der Waals surface area contributed by atoms with E-state index in [0.717, 1.165) is 12.8 Å². The summed E-state index contributed by atoms with van der Waals surface area (Å²) in [6, 6.07) is 0.131. The third-order valence-corrected chi connectivity index (χ3v) is 2.42. The zero-order valence-electron chi connectivity index (χ0n) is 6.08. The summed E-state index contributed by atoms with van der Waals surface area (Å²) in [6.45, 7) is 1.73. The standard InChI is InChI=1S/C7H13NO2/c1-4(7(9)10)5-2-3-6(5)8/h4-6H,2-3,8H2,1H3,(H,9,10)/t4-,5-,6-/m0/s1. The largest absolute Gasteiger partial charge is 0.481 e. The molecule has 0 aliphatic heterocycles. The third-order valence-electron chi connectivity index (χ3n) is 2.42. The average molecular weight is 143 g/mol. The number of carboxylic acid groups (broad SMARTS) is 1. The van der Waals surface area contributed by atoms with Crippen molar-refractivity contribution in [1.82, 2.24) is 0 Å². The monoisotopic (exact) mass is 143 g/mol. The number of hydrogen-bond donors (Lipinski definition) is 2. The van der Waals surface area contributed by atoms with Gasteiger partial charge in [-0.1, -0.05) is 6.92 Å². The van der Waals surface area contributed by atoms with E-state index in [1.807, 2.05) is 0 Å². The number of hydrogen-bond acceptors (Lipinski definition) is 2. The van der Waals surface area contributed by atoms with Gasteiger partial charge in [-0.2, -0.15) is 0 Å². The normalized spacial score (nSPS) is 34.6. The smallest absolute Gasteiger partial charge is 0.306 e. The Morgan fingerprint density at radius 2 is 2.30 bits per heavy atom. The number of nitrogens with two attached hydrogens (primary N) is 1. The highest BCUT2D eigenvalue weighted by molar-refractivity contribution is 5.70. The lowest BCUT2D eigenvalue weighted by Crippen LogP contribution is -2.44. The van der Waals surface area contributed by atoms with E-state index in [4.69, 9.17) is 10.8 Å². The minimum atomic E-state index is -0.722. The molecule has 1 aliphatic rings. The zero-order chi connectivity index (χ0) is 7.72. The van der Waals surface area contributed by atoms with E-state index >= 15 is 0 Å². The molecule has 10 heavy (non-hydrogen) atoms. The Morgan fingerprint density at radius 1 is 1.70 bits per heavy atom. The van der Waals surface area contributed by atoms with Crippen LogP contribution in [0.15, 0.2) is 0 Å². The molecule has 3 N–H and O–H groups in total. The third kappa shape index (κ3) is 1.14. The SMILES string of the molecule is C[C@H](C(=O)O)[C@@H]1CC[C@@H]1N. The highest BCUT2D eigenvalue weighted by atomic mass is 16.4. The molecule has 3 atom stereocenters. The molecule has 0 aromatic heterocycles. The molecule has 0 amide bonds. The molecular weight excluding hydrogens is 130 g/mol. The first-order valence-electron chi connectivity index (χ1n) is 3.61. The summed E-state index contributed by atoms with van der Waals surface area (Å²) in [4.78, 5) is 10.4. The topological polar surface area (TPSA) is 63.3 Å². The molecule has 1 aliphatic carbocycles. The Balaban J connectivity index is 2.41. The maximum absolute atomic E-state index is 10.4. The first-order chi connectivity index (χ1) is 4.63. The lowest BCUT2D eigenvalue weighted by molar-refractivity contribution is -0.144. The minimum Gasteiger partial charge on any atom is -0.481 e. The van der Waals surface area contributed by atoms with E-state index in [1.165, 1.54) is 0 Å². The lowest BCUT2D eigenvalue weighted by atomic mass is 9.73. The van der Waals surface area contributed by atoms with Gasteiger partial charge in [-0.05, 0) is 18.8 Å². The predicted octanol–water partition coefficient (Wildman–Crippen LogP) is 0.444. The van der Waals surface area contributed by atoms with Gasteiger partial charge in [-0.15, -0.1) is 0 Å². The molecule has 1 fully saturated rings. The van der Waals surface area contributed by atoms with Crippen molar-refractivity contribution in [3.05, 3.63) is 0 Å². The minimum absolute atomic E-state index is 0.131. The van der Waals surface area contributed by atoms with Crippen LogP contribution in [-0.4, -0.2) is 17.1 Å². The highest BCUT2D eigenvalue weighted by Gasteiger charge is 2.35. The molecule has 0 saturated heterocycles. The van der Waals surface area contributed by atoms with Gasteiger partial charge in [-0.25, -0.2) is 0 Å². The molecule has 1 saturated carbocycles. The van der Waals surface area contributed by atoms with Gasteiger partial charge in [0.15, 0.2) is 0 Å². The molecule has 0 spiro atoms. The summed E-state index contributed by atoms with van der Waals surface area (Å²) in [5.74, 6) is -0.763. The van der Waals surface area contributed by atoms with Crippen molar-refractivity contribution < 1.29 is 9.90 Å². The molecule has 0 bridgehead atoms. The summed E-state index contributed by atoms with van der Waals surface area (Å²) in [6.07, 6.45) is 1.97. The second-order valence-corrected chi connectivity index (χ2v) is 3.03. The fraction of sp³-hybridized carbons (Fsp3) is 0.857. The van der Waals surface area contributed by atoms with E-state index in [1.54, 1.807) is 6.92 Å². The number of aliphatic carboxylic acids is 1. The lowest BCUT2D eigenvalue weighted by Gasteiger charge is -2.36. The van der Waals surface area contributed by atoms with Crippen LogP contribution in [-0.2, 0) is 4.79 Å². The second-order valence-electron chi connectivity index (χ2n) is 3.03. The maximum atomic E-state index is 10.4. The molecular formula is C7H13NO2. The number of carbonyl (C=O) groups is 1. The maximum Gasteiger partial charge on any atom is 0.306 e. The Labute approximate surface area is 60.2 Å².